The molecule has 3 aromatic carbocycles. The number of benzene rings is 3. The van der Waals surface area contributed by atoms with E-state index < -0.39 is 5.60 Å². The predicted molar refractivity (Wildman–Crippen MR) is 141 cm³/mol. The van der Waals surface area contributed by atoms with Crippen LogP contribution >= 0.6 is 0 Å². The molecule has 1 atom stereocenters. The van der Waals surface area contributed by atoms with Crippen LogP contribution in [0.5, 0.6) is 5.75 Å². The van der Waals surface area contributed by atoms with Crippen LogP contribution in [0.4, 0.5) is 0 Å². The number of aromatic nitrogens is 1. The predicted octanol–water partition coefficient (Wildman–Crippen LogP) is 5.95. The van der Waals surface area contributed by atoms with Gasteiger partial charge >= 0.3 is 0 Å². The summed E-state index contributed by atoms with van der Waals surface area (Å²) in [5, 5.41) is 13.2. The Labute approximate surface area is 204 Å². The molecule has 5 heteroatoms. The molecule has 1 aliphatic rings. The number of aliphatic hydroxyl groups is 1. The average molecular weight is 465 g/mol. The molecule has 0 fully saturated rings. The Morgan fingerprint density at radius 3 is 2.69 bits per heavy atom. The van der Waals surface area contributed by atoms with E-state index in [1.807, 2.05) is 79.9 Å². The maximum atomic E-state index is 12.5. The SMILES string of the molecule is C/C(=C\N=CC(C)C)C1(O)c2cccc(c2)COc2cccc(c2)-c2cc(=O)[nH]c3ccc1cc23. The fraction of sp³-hybridized carbons (Fsp3) is 0.200. The highest BCUT2D eigenvalue weighted by Crippen LogP contribution is 2.40. The molecular weight excluding hydrogens is 436 g/mol. The lowest BCUT2D eigenvalue weighted by molar-refractivity contribution is 0.120. The van der Waals surface area contributed by atoms with Crippen molar-refractivity contribution in [2.24, 2.45) is 10.9 Å². The molecular formula is C30H28N2O3. The molecule has 5 nitrogen and oxygen atoms in total. The molecule has 2 N–H and O–H groups in total. The lowest BCUT2D eigenvalue weighted by Crippen LogP contribution is -2.29. The number of fused-ring (bicyclic) bond motifs is 6. The van der Waals surface area contributed by atoms with Crippen LogP contribution in [0.1, 0.15) is 37.5 Å². The Morgan fingerprint density at radius 1 is 1.06 bits per heavy atom. The van der Waals surface area contributed by atoms with Crippen LogP contribution in [0.25, 0.3) is 22.0 Å². The summed E-state index contributed by atoms with van der Waals surface area (Å²) in [5.41, 5.74) is 3.79. The minimum absolute atomic E-state index is 0.183. The second kappa shape index (κ2) is 9.01. The summed E-state index contributed by atoms with van der Waals surface area (Å²) in [6.07, 6.45) is 3.58. The van der Waals surface area contributed by atoms with Crippen LogP contribution in [0.15, 0.2) is 94.4 Å². The Balaban J connectivity index is 1.83. The standard InChI is InChI=1S/C30H28N2O3/c1-19(2)16-31-17-20(3)30(34)23-8-4-6-21(12-23)18-35-25-9-5-7-22(13-25)26-15-29(33)32-28-11-10-24(30)14-27(26)28/h4-17,19,34H,18H2,1-3H3,(H,32,33)/b20-17+,31-16?. The van der Waals surface area contributed by atoms with E-state index in [9.17, 15) is 9.90 Å². The number of nitrogens with one attached hydrogen (secondary N) is 1. The van der Waals surface area contributed by atoms with Crippen molar-refractivity contribution in [3.8, 4) is 16.9 Å². The minimum atomic E-state index is -1.43. The number of pyridine rings is 1. The number of aliphatic imine (C=N–C) groups is 1. The third kappa shape index (κ3) is 4.31. The second-order valence-electron chi connectivity index (χ2n) is 9.39. The van der Waals surface area contributed by atoms with E-state index in [-0.39, 0.29) is 5.56 Å². The molecule has 1 aliphatic heterocycles. The van der Waals surface area contributed by atoms with E-state index in [4.69, 9.17) is 4.74 Å². The molecule has 6 bridgehead atoms. The maximum Gasteiger partial charge on any atom is 0.249 e. The first-order valence-electron chi connectivity index (χ1n) is 11.8. The largest absolute Gasteiger partial charge is 0.489 e. The Bertz CT molecular complexity index is 1530. The van der Waals surface area contributed by atoms with E-state index in [0.29, 0.717) is 34.9 Å². The number of hydrogen-bond acceptors (Lipinski definition) is 4. The molecule has 0 saturated carbocycles. The van der Waals surface area contributed by atoms with Gasteiger partial charge < -0.3 is 14.8 Å². The van der Waals surface area contributed by atoms with Crippen molar-refractivity contribution in [1.29, 1.82) is 0 Å². The van der Waals surface area contributed by atoms with Gasteiger partial charge in [-0.2, -0.15) is 0 Å². The molecule has 0 radical (unpaired) electrons. The topological polar surface area (TPSA) is 74.7 Å². The van der Waals surface area contributed by atoms with Crippen molar-refractivity contribution in [2.45, 2.75) is 33.0 Å². The molecule has 5 rings (SSSR count). The highest BCUT2D eigenvalue weighted by Gasteiger charge is 2.34. The Hall–Kier alpha value is -3.96. The zero-order chi connectivity index (χ0) is 24.6. The lowest BCUT2D eigenvalue weighted by Gasteiger charge is -2.31. The fourth-order valence-electron chi connectivity index (χ4n) is 4.57. The summed E-state index contributed by atoms with van der Waals surface area (Å²) in [4.78, 5) is 19.9. The van der Waals surface area contributed by atoms with Crippen LogP contribution in [0, 0.1) is 5.92 Å². The van der Waals surface area contributed by atoms with Crippen LogP contribution in [0.2, 0.25) is 0 Å². The number of aromatic amines is 1. The van der Waals surface area contributed by atoms with Gasteiger partial charge in [-0.25, -0.2) is 0 Å². The van der Waals surface area contributed by atoms with Gasteiger partial charge in [-0.05, 0) is 76.6 Å². The zero-order valence-electron chi connectivity index (χ0n) is 20.1. The summed E-state index contributed by atoms with van der Waals surface area (Å²) in [6.45, 7) is 6.36. The quantitative estimate of drug-likeness (QED) is 0.368. The molecule has 176 valence electrons. The second-order valence-corrected chi connectivity index (χ2v) is 9.39. The number of nitrogens with zero attached hydrogens (tertiary/aromatic N) is 1. The van der Waals surface area contributed by atoms with E-state index >= 15 is 0 Å². The van der Waals surface area contributed by atoms with Crippen LogP contribution < -0.4 is 10.3 Å². The van der Waals surface area contributed by atoms with Gasteiger partial charge in [0.1, 0.15) is 18.0 Å². The van der Waals surface area contributed by atoms with Gasteiger partial charge in [0.05, 0.1) is 0 Å². The molecule has 1 unspecified atom stereocenters. The van der Waals surface area contributed by atoms with Gasteiger partial charge in [0.15, 0.2) is 0 Å². The molecule has 0 saturated heterocycles. The first-order chi connectivity index (χ1) is 16.8. The average Bonchev–Trinajstić information content (AvgIpc) is 2.86. The van der Waals surface area contributed by atoms with Gasteiger partial charge in [-0.3, -0.25) is 9.79 Å². The number of rotatable bonds is 3. The van der Waals surface area contributed by atoms with E-state index in [1.54, 1.807) is 12.3 Å². The maximum absolute atomic E-state index is 12.5. The molecule has 2 heterocycles. The van der Waals surface area contributed by atoms with E-state index in [1.165, 1.54) is 0 Å². The summed E-state index contributed by atoms with van der Waals surface area (Å²) in [6, 6.07) is 22.8. The third-order valence-electron chi connectivity index (χ3n) is 6.38. The molecule has 35 heavy (non-hydrogen) atoms. The van der Waals surface area contributed by atoms with Crippen molar-refractivity contribution in [2.75, 3.05) is 0 Å². The molecule has 0 spiro atoms. The molecule has 4 aromatic rings. The highest BCUT2D eigenvalue weighted by atomic mass is 16.5. The summed E-state index contributed by atoms with van der Waals surface area (Å²) >= 11 is 0. The number of H-pyrrole nitrogens is 1. The summed E-state index contributed by atoms with van der Waals surface area (Å²) < 4.78 is 6.10. The monoisotopic (exact) mass is 464 g/mol. The van der Waals surface area contributed by atoms with Crippen LogP contribution in [0.3, 0.4) is 0 Å². The summed E-state index contributed by atoms with van der Waals surface area (Å²) in [5.74, 6) is 1.01. The Kier molecular flexibility index (Phi) is 5.87. The molecule has 1 aromatic heterocycles. The van der Waals surface area contributed by atoms with Gasteiger partial charge in [0.25, 0.3) is 0 Å². The lowest BCUT2D eigenvalue weighted by atomic mass is 9.79. The van der Waals surface area contributed by atoms with Gasteiger partial charge in [-0.1, -0.05) is 50.2 Å². The van der Waals surface area contributed by atoms with Crippen molar-refractivity contribution in [3.05, 3.63) is 112 Å². The number of ether oxygens (including phenoxy) is 1. The first kappa shape index (κ1) is 22.8. The fourth-order valence-corrected chi connectivity index (χ4v) is 4.57. The zero-order valence-corrected chi connectivity index (χ0v) is 20.1. The summed E-state index contributed by atoms with van der Waals surface area (Å²) in [7, 11) is 0. The van der Waals surface area contributed by atoms with Gasteiger partial charge in [0.2, 0.25) is 5.56 Å². The number of hydrogen-bond donors (Lipinski definition) is 2. The molecule has 0 aliphatic carbocycles. The van der Waals surface area contributed by atoms with Gasteiger partial charge in [-0.15, -0.1) is 0 Å². The van der Waals surface area contributed by atoms with Crippen molar-refractivity contribution in [3.63, 3.8) is 0 Å². The minimum Gasteiger partial charge on any atom is -0.489 e. The highest BCUT2D eigenvalue weighted by molar-refractivity contribution is 5.95. The van der Waals surface area contributed by atoms with Crippen molar-refractivity contribution in [1.82, 2.24) is 4.98 Å². The first-order valence-corrected chi connectivity index (χ1v) is 11.8. The smallest absolute Gasteiger partial charge is 0.249 e. The third-order valence-corrected chi connectivity index (χ3v) is 6.38. The van der Waals surface area contributed by atoms with Crippen LogP contribution in [-0.2, 0) is 12.2 Å². The molecule has 0 amide bonds. The normalized spacial score (nSPS) is 17.8. The van der Waals surface area contributed by atoms with Crippen molar-refractivity contribution < 1.29 is 9.84 Å². The van der Waals surface area contributed by atoms with Crippen LogP contribution in [-0.4, -0.2) is 16.3 Å². The van der Waals surface area contributed by atoms with E-state index in [2.05, 4.69) is 23.8 Å². The van der Waals surface area contributed by atoms with Crippen molar-refractivity contribution >= 4 is 17.1 Å². The Morgan fingerprint density at radius 2 is 1.86 bits per heavy atom. The van der Waals surface area contributed by atoms with Gasteiger partial charge in [0, 0.05) is 29.4 Å². The van der Waals surface area contributed by atoms with E-state index in [0.717, 1.165) is 27.6 Å².